The van der Waals surface area contributed by atoms with Crippen LogP contribution in [0.2, 0.25) is 0 Å². The number of hydrogen-bond acceptors (Lipinski definition) is 5. The number of hydrogen-bond donors (Lipinski definition) is 4. The van der Waals surface area contributed by atoms with Crippen LogP contribution in [0.25, 0.3) is 0 Å². The molecule has 0 saturated carbocycles. The molecule has 0 spiro atoms. The van der Waals surface area contributed by atoms with Gasteiger partial charge in [0.1, 0.15) is 11.8 Å². The molecule has 1 rings (SSSR count). The van der Waals surface area contributed by atoms with Gasteiger partial charge >= 0.3 is 0 Å². The highest BCUT2D eigenvalue weighted by Crippen LogP contribution is 2.23. The predicted molar refractivity (Wildman–Crippen MR) is 87.9 cm³/mol. The quantitative estimate of drug-likeness (QED) is 0.522. The molecule has 0 fully saturated rings. The van der Waals surface area contributed by atoms with Crippen molar-refractivity contribution in [2.75, 3.05) is 12.3 Å². The van der Waals surface area contributed by atoms with Crippen LogP contribution in [-0.4, -0.2) is 35.7 Å². The van der Waals surface area contributed by atoms with E-state index < -0.39 is 24.0 Å². The van der Waals surface area contributed by atoms with Gasteiger partial charge in [0.2, 0.25) is 5.91 Å². The van der Waals surface area contributed by atoms with Crippen LogP contribution in [0.5, 0.6) is 5.75 Å². The molecular weight excluding hydrogens is 298 g/mol. The number of carbonyl (C=O) groups excluding carboxylic acids is 2. The first-order chi connectivity index (χ1) is 10.7. The van der Waals surface area contributed by atoms with Gasteiger partial charge in [0.05, 0.1) is 18.4 Å². The zero-order valence-corrected chi connectivity index (χ0v) is 13.7. The molecule has 0 aliphatic carbocycles. The molecule has 1 aromatic rings. The Morgan fingerprint density at radius 1 is 1.30 bits per heavy atom. The monoisotopic (exact) mass is 323 g/mol. The van der Waals surface area contributed by atoms with Gasteiger partial charge in [-0.15, -0.1) is 0 Å². The predicted octanol–water partition coefficient (Wildman–Crippen LogP) is 0.658. The molecule has 0 aliphatic rings. The SMILES string of the molecule is CC(C)[C@H](NC(=O)c1ccc(N)c(OCC[C@H](C)O)c1)C(N)=O. The maximum absolute atomic E-state index is 12.3. The van der Waals surface area contributed by atoms with Gasteiger partial charge in [0.25, 0.3) is 5.91 Å². The number of aliphatic hydroxyl groups is 1. The normalized spacial score (nSPS) is 13.4. The first-order valence-corrected chi connectivity index (χ1v) is 7.53. The lowest BCUT2D eigenvalue weighted by atomic mass is 10.0. The number of primary amides is 1. The molecule has 0 heterocycles. The third kappa shape index (κ3) is 5.78. The minimum absolute atomic E-state index is 0.119. The summed E-state index contributed by atoms with van der Waals surface area (Å²) < 4.78 is 5.48. The van der Waals surface area contributed by atoms with Gasteiger partial charge < -0.3 is 26.6 Å². The van der Waals surface area contributed by atoms with Crippen molar-refractivity contribution in [2.45, 2.75) is 39.3 Å². The average Bonchev–Trinajstić information content (AvgIpc) is 2.45. The van der Waals surface area contributed by atoms with Gasteiger partial charge in [-0.05, 0) is 31.0 Å². The molecule has 7 heteroatoms. The summed E-state index contributed by atoms with van der Waals surface area (Å²) in [5, 5.41) is 11.8. The number of benzene rings is 1. The van der Waals surface area contributed by atoms with Gasteiger partial charge in [-0.1, -0.05) is 13.8 Å². The number of nitrogen functional groups attached to an aromatic ring is 1. The second kappa shape index (κ2) is 8.38. The lowest BCUT2D eigenvalue weighted by molar-refractivity contribution is -0.120. The summed E-state index contributed by atoms with van der Waals surface area (Å²) >= 11 is 0. The molecule has 6 N–H and O–H groups in total. The van der Waals surface area contributed by atoms with Crippen LogP contribution in [0.1, 0.15) is 37.6 Å². The molecule has 23 heavy (non-hydrogen) atoms. The number of ether oxygens (including phenoxy) is 1. The fraction of sp³-hybridized carbons (Fsp3) is 0.500. The number of nitrogens with two attached hydrogens (primary N) is 2. The van der Waals surface area contributed by atoms with Crippen LogP contribution in [0.15, 0.2) is 18.2 Å². The van der Waals surface area contributed by atoms with E-state index in [0.29, 0.717) is 23.4 Å². The highest BCUT2D eigenvalue weighted by atomic mass is 16.5. The Morgan fingerprint density at radius 2 is 1.96 bits per heavy atom. The molecule has 128 valence electrons. The summed E-state index contributed by atoms with van der Waals surface area (Å²) in [6.45, 7) is 5.53. The second-order valence-corrected chi connectivity index (χ2v) is 5.84. The Bertz CT molecular complexity index is 558. The molecule has 0 aliphatic heterocycles. The number of aliphatic hydroxyl groups excluding tert-OH is 1. The highest BCUT2D eigenvalue weighted by Gasteiger charge is 2.22. The van der Waals surface area contributed by atoms with E-state index in [1.165, 1.54) is 6.07 Å². The van der Waals surface area contributed by atoms with Crippen molar-refractivity contribution in [2.24, 2.45) is 11.7 Å². The van der Waals surface area contributed by atoms with Crippen LogP contribution < -0.4 is 21.5 Å². The summed E-state index contributed by atoms with van der Waals surface area (Å²) in [5.74, 6) is -0.773. The van der Waals surface area contributed by atoms with Crippen molar-refractivity contribution < 1.29 is 19.4 Å². The van der Waals surface area contributed by atoms with Crippen molar-refractivity contribution >= 4 is 17.5 Å². The molecule has 7 nitrogen and oxygen atoms in total. The summed E-state index contributed by atoms with van der Waals surface area (Å²) in [5.41, 5.74) is 11.8. The van der Waals surface area contributed by atoms with Crippen LogP contribution in [0, 0.1) is 5.92 Å². The third-order valence-electron chi connectivity index (χ3n) is 3.33. The molecule has 0 radical (unpaired) electrons. The fourth-order valence-corrected chi connectivity index (χ4v) is 1.93. The lowest BCUT2D eigenvalue weighted by Gasteiger charge is -2.19. The van der Waals surface area contributed by atoms with E-state index >= 15 is 0 Å². The van der Waals surface area contributed by atoms with Gasteiger partial charge in [-0.3, -0.25) is 9.59 Å². The van der Waals surface area contributed by atoms with Crippen LogP contribution in [0.3, 0.4) is 0 Å². The van der Waals surface area contributed by atoms with Gasteiger partial charge in [-0.2, -0.15) is 0 Å². The summed E-state index contributed by atoms with van der Waals surface area (Å²) in [6, 6.07) is 3.86. The number of carbonyl (C=O) groups is 2. The topological polar surface area (TPSA) is 128 Å². The molecule has 0 saturated heterocycles. The standard InChI is InChI=1S/C16H25N3O4/c1-9(2)14(15(18)21)19-16(22)11-4-5-12(17)13(8-11)23-7-6-10(3)20/h4-5,8-10,14,20H,6-7,17H2,1-3H3,(H2,18,21)(H,19,22)/t10-,14-/m0/s1. The number of amides is 2. The number of rotatable bonds is 8. The second-order valence-electron chi connectivity index (χ2n) is 5.84. The van der Waals surface area contributed by atoms with E-state index in [-0.39, 0.29) is 12.5 Å². The molecule has 2 amide bonds. The van der Waals surface area contributed by atoms with Crippen molar-refractivity contribution in [3.05, 3.63) is 23.8 Å². The smallest absolute Gasteiger partial charge is 0.252 e. The fourth-order valence-electron chi connectivity index (χ4n) is 1.93. The van der Waals surface area contributed by atoms with Gasteiger partial charge in [-0.25, -0.2) is 0 Å². The lowest BCUT2D eigenvalue weighted by Crippen LogP contribution is -2.47. The van der Waals surface area contributed by atoms with E-state index in [1.54, 1.807) is 32.9 Å². The Kier molecular flexibility index (Phi) is 6.84. The van der Waals surface area contributed by atoms with Crippen LogP contribution >= 0.6 is 0 Å². The van der Waals surface area contributed by atoms with E-state index in [0.717, 1.165) is 0 Å². The Morgan fingerprint density at radius 3 is 2.48 bits per heavy atom. The van der Waals surface area contributed by atoms with E-state index in [1.807, 2.05) is 0 Å². The summed E-state index contributed by atoms with van der Waals surface area (Å²) in [6.07, 6.45) is -0.0301. The average molecular weight is 323 g/mol. The minimum atomic E-state index is -0.750. The molecule has 0 bridgehead atoms. The van der Waals surface area contributed by atoms with Crippen molar-refractivity contribution in [1.82, 2.24) is 5.32 Å². The summed E-state index contributed by atoms with van der Waals surface area (Å²) in [7, 11) is 0. The first-order valence-electron chi connectivity index (χ1n) is 7.53. The largest absolute Gasteiger partial charge is 0.491 e. The van der Waals surface area contributed by atoms with Crippen molar-refractivity contribution in [1.29, 1.82) is 0 Å². The molecular formula is C16H25N3O4. The molecule has 2 atom stereocenters. The molecule has 0 unspecified atom stereocenters. The zero-order chi connectivity index (χ0) is 17.6. The first kappa shape index (κ1) is 18.8. The van der Waals surface area contributed by atoms with Crippen molar-refractivity contribution in [3.63, 3.8) is 0 Å². The Labute approximate surface area is 136 Å². The van der Waals surface area contributed by atoms with Gasteiger partial charge in [0.15, 0.2) is 0 Å². The summed E-state index contributed by atoms with van der Waals surface area (Å²) in [4.78, 5) is 23.6. The van der Waals surface area contributed by atoms with Crippen molar-refractivity contribution in [3.8, 4) is 5.75 Å². The maximum atomic E-state index is 12.3. The van der Waals surface area contributed by atoms with Crippen LogP contribution in [-0.2, 0) is 4.79 Å². The van der Waals surface area contributed by atoms with Crippen LogP contribution in [0.4, 0.5) is 5.69 Å². The van der Waals surface area contributed by atoms with E-state index in [2.05, 4.69) is 5.32 Å². The third-order valence-corrected chi connectivity index (χ3v) is 3.33. The molecule has 0 aromatic heterocycles. The maximum Gasteiger partial charge on any atom is 0.252 e. The van der Waals surface area contributed by atoms with E-state index in [4.69, 9.17) is 16.2 Å². The number of nitrogens with one attached hydrogen (secondary N) is 1. The zero-order valence-electron chi connectivity index (χ0n) is 13.7. The minimum Gasteiger partial charge on any atom is -0.491 e. The van der Waals surface area contributed by atoms with Gasteiger partial charge in [0, 0.05) is 12.0 Å². The molecule has 1 aromatic carbocycles. The van der Waals surface area contributed by atoms with E-state index in [9.17, 15) is 14.7 Å². The Hall–Kier alpha value is -2.28. The highest BCUT2D eigenvalue weighted by molar-refractivity contribution is 5.98. The Balaban J connectivity index is 2.83. The number of anilines is 1.